The summed E-state index contributed by atoms with van der Waals surface area (Å²) in [5.74, 6) is 0.309. The molecule has 3 aromatic rings. The van der Waals surface area contributed by atoms with Crippen LogP contribution in [0.5, 0.6) is 0 Å². The largest absolute Gasteiger partial charge is 0.379 e. The summed E-state index contributed by atoms with van der Waals surface area (Å²) in [6.45, 7) is 6.74. The van der Waals surface area contributed by atoms with Gasteiger partial charge in [0.2, 0.25) is 10.0 Å². The van der Waals surface area contributed by atoms with Gasteiger partial charge in [0, 0.05) is 29.9 Å². The molecular formula is C20H21ClN4O4S2. The monoisotopic (exact) mass is 480 g/mol. The number of ether oxygens (including phenoxy) is 1. The zero-order chi connectivity index (χ0) is 22.3. The lowest BCUT2D eigenvalue weighted by Gasteiger charge is -2.26. The molecule has 1 aromatic carbocycles. The molecule has 11 heteroatoms. The first-order valence-corrected chi connectivity index (χ1v) is 12.2. The van der Waals surface area contributed by atoms with Crippen molar-refractivity contribution >= 4 is 54.8 Å². The van der Waals surface area contributed by atoms with Crippen LogP contribution in [0, 0.1) is 20.8 Å². The Morgan fingerprint density at radius 3 is 2.61 bits per heavy atom. The number of amides is 1. The second kappa shape index (κ2) is 8.44. The number of nitrogens with zero attached hydrogens (tertiary/aromatic N) is 3. The van der Waals surface area contributed by atoms with Gasteiger partial charge in [0.05, 0.1) is 23.1 Å². The SMILES string of the molecule is Cc1nc(C)c2c(C)c(C(=O)Nc3ccc(Cl)c(S(=O)(=O)N4CCOCC4)c3)sc2n1. The number of halogens is 1. The standard InChI is InChI=1S/C20H21ClN4O4S2/c1-11-17-12(2)22-13(3)23-20(17)30-18(11)19(26)24-14-4-5-15(21)16(10-14)31(27,28)25-6-8-29-9-7-25/h4-5,10H,6-9H2,1-3H3,(H,24,26). The molecule has 31 heavy (non-hydrogen) atoms. The summed E-state index contributed by atoms with van der Waals surface area (Å²) in [6, 6.07) is 4.45. The number of hydrogen-bond acceptors (Lipinski definition) is 7. The van der Waals surface area contributed by atoms with Crippen molar-refractivity contribution in [3.8, 4) is 0 Å². The number of aromatic nitrogens is 2. The van der Waals surface area contributed by atoms with Gasteiger partial charge in [-0.3, -0.25) is 4.79 Å². The lowest BCUT2D eigenvalue weighted by Crippen LogP contribution is -2.40. The summed E-state index contributed by atoms with van der Waals surface area (Å²) in [5, 5.41) is 3.76. The quantitative estimate of drug-likeness (QED) is 0.612. The maximum Gasteiger partial charge on any atom is 0.266 e. The minimum absolute atomic E-state index is 0.0423. The molecule has 1 N–H and O–H groups in total. The lowest BCUT2D eigenvalue weighted by molar-refractivity contribution is 0.0730. The van der Waals surface area contributed by atoms with Crippen molar-refractivity contribution in [2.45, 2.75) is 25.7 Å². The Morgan fingerprint density at radius 1 is 1.19 bits per heavy atom. The first kappa shape index (κ1) is 22.1. The van der Waals surface area contributed by atoms with E-state index in [9.17, 15) is 13.2 Å². The Labute approximate surface area is 189 Å². The summed E-state index contributed by atoms with van der Waals surface area (Å²) in [7, 11) is -3.80. The third-order valence-corrected chi connectivity index (χ3v) is 8.63. The highest BCUT2D eigenvalue weighted by Gasteiger charge is 2.29. The van der Waals surface area contributed by atoms with E-state index in [1.54, 1.807) is 6.07 Å². The number of hydrogen-bond donors (Lipinski definition) is 1. The molecule has 2 aromatic heterocycles. The number of nitrogens with one attached hydrogen (secondary N) is 1. The van der Waals surface area contributed by atoms with Crippen molar-refractivity contribution < 1.29 is 17.9 Å². The van der Waals surface area contributed by atoms with Crippen LogP contribution in [0.1, 0.15) is 26.8 Å². The molecule has 0 atom stereocenters. The zero-order valence-electron chi connectivity index (χ0n) is 17.2. The Hall–Kier alpha value is -2.11. The Morgan fingerprint density at radius 2 is 1.90 bits per heavy atom. The third kappa shape index (κ3) is 4.18. The molecule has 1 amide bonds. The molecule has 164 valence electrons. The van der Waals surface area contributed by atoms with Crippen LogP contribution in [-0.4, -0.2) is 54.9 Å². The van der Waals surface area contributed by atoms with Gasteiger partial charge in [-0.05, 0) is 44.5 Å². The van der Waals surface area contributed by atoms with Crippen molar-refractivity contribution in [2.75, 3.05) is 31.6 Å². The predicted octanol–water partition coefficient (Wildman–Crippen LogP) is 3.54. The van der Waals surface area contributed by atoms with E-state index < -0.39 is 10.0 Å². The molecule has 1 saturated heterocycles. The molecule has 0 bridgehead atoms. The van der Waals surface area contributed by atoms with Gasteiger partial charge in [0.15, 0.2) is 0 Å². The van der Waals surface area contributed by atoms with Gasteiger partial charge < -0.3 is 10.1 Å². The minimum atomic E-state index is -3.80. The van der Waals surface area contributed by atoms with E-state index in [0.717, 1.165) is 21.5 Å². The summed E-state index contributed by atoms with van der Waals surface area (Å²) in [5.41, 5.74) is 1.96. The van der Waals surface area contributed by atoms with Gasteiger partial charge in [-0.25, -0.2) is 18.4 Å². The summed E-state index contributed by atoms with van der Waals surface area (Å²) >= 11 is 7.49. The maximum atomic E-state index is 13.0. The highest BCUT2D eigenvalue weighted by molar-refractivity contribution is 7.89. The number of aryl methyl sites for hydroxylation is 3. The number of anilines is 1. The van der Waals surface area contributed by atoms with E-state index in [1.165, 1.54) is 27.8 Å². The number of carbonyl (C=O) groups excluding carboxylic acids is 1. The van der Waals surface area contributed by atoms with Gasteiger partial charge in [0.25, 0.3) is 5.91 Å². The van der Waals surface area contributed by atoms with Crippen LogP contribution in [0.15, 0.2) is 23.1 Å². The van der Waals surface area contributed by atoms with Crippen LogP contribution in [0.3, 0.4) is 0 Å². The average Bonchev–Trinajstić information content (AvgIpc) is 3.06. The van der Waals surface area contributed by atoms with Gasteiger partial charge in [0.1, 0.15) is 15.6 Å². The predicted molar refractivity (Wildman–Crippen MR) is 121 cm³/mol. The second-order valence-electron chi connectivity index (χ2n) is 7.21. The van der Waals surface area contributed by atoms with Crippen molar-refractivity contribution in [1.82, 2.24) is 14.3 Å². The normalized spacial score (nSPS) is 15.4. The van der Waals surface area contributed by atoms with E-state index >= 15 is 0 Å². The van der Waals surface area contributed by atoms with E-state index in [4.69, 9.17) is 16.3 Å². The van der Waals surface area contributed by atoms with Gasteiger partial charge in [-0.15, -0.1) is 11.3 Å². The maximum absolute atomic E-state index is 13.0. The molecule has 1 fully saturated rings. The number of fused-ring (bicyclic) bond motifs is 1. The van der Waals surface area contributed by atoms with Crippen molar-refractivity contribution in [1.29, 1.82) is 0 Å². The number of sulfonamides is 1. The summed E-state index contributed by atoms with van der Waals surface area (Å²) in [6.07, 6.45) is 0. The van der Waals surface area contributed by atoms with Crippen molar-refractivity contribution in [3.05, 3.63) is 45.2 Å². The van der Waals surface area contributed by atoms with Crippen molar-refractivity contribution in [3.63, 3.8) is 0 Å². The van der Waals surface area contributed by atoms with E-state index in [2.05, 4.69) is 15.3 Å². The number of benzene rings is 1. The highest BCUT2D eigenvalue weighted by Crippen LogP contribution is 2.33. The first-order chi connectivity index (χ1) is 14.7. The highest BCUT2D eigenvalue weighted by atomic mass is 35.5. The lowest BCUT2D eigenvalue weighted by atomic mass is 10.1. The number of thiophene rings is 1. The van der Waals surface area contributed by atoms with Crippen molar-refractivity contribution in [2.24, 2.45) is 0 Å². The molecule has 0 unspecified atom stereocenters. The fourth-order valence-corrected chi connectivity index (χ4v) is 6.66. The summed E-state index contributed by atoms with van der Waals surface area (Å²) in [4.78, 5) is 23.0. The smallest absolute Gasteiger partial charge is 0.266 e. The zero-order valence-corrected chi connectivity index (χ0v) is 19.6. The Bertz CT molecular complexity index is 1280. The Kier molecular flexibility index (Phi) is 6.01. The molecule has 8 nitrogen and oxygen atoms in total. The topological polar surface area (TPSA) is 101 Å². The van der Waals surface area contributed by atoms with Crippen LogP contribution in [0.4, 0.5) is 5.69 Å². The molecule has 0 radical (unpaired) electrons. The third-order valence-electron chi connectivity index (χ3n) is 5.07. The number of carbonyl (C=O) groups is 1. The fraction of sp³-hybridized carbons (Fsp3) is 0.350. The van der Waals surface area contributed by atoms with Crippen LogP contribution < -0.4 is 5.32 Å². The minimum Gasteiger partial charge on any atom is -0.379 e. The van der Waals surface area contributed by atoms with Gasteiger partial charge in [-0.2, -0.15) is 4.31 Å². The second-order valence-corrected chi connectivity index (χ2v) is 10.5. The molecule has 1 aliphatic rings. The van der Waals surface area contributed by atoms with Crippen LogP contribution in [-0.2, 0) is 14.8 Å². The number of rotatable bonds is 4. The molecule has 3 heterocycles. The van der Waals surface area contributed by atoms with E-state index in [-0.39, 0.29) is 28.9 Å². The van der Waals surface area contributed by atoms with Gasteiger partial charge in [-0.1, -0.05) is 11.6 Å². The van der Waals surface area contributed by atoms with Gasteiger partial charge >= 0.3 is 0 Å². The number of morpholine rings is 1. The first-order valence-electron chi connectivity index (χ1n) is 9.61. The summed E-state index contributed by atoms with van der Waals surface area (Å²) < 4.78 is 32.6. The molecule has 4 rings (SSSR count). The fourth-order valence-electron chi connectivity index (χ4n) is 3.58. The Balaban J connectivity index is 1.65. The molecule has 1 aliphatic heterocycles. The van der Waals surface area contributed by atoms with Crippen LogP contribution in [0.2, 0.25) is 5.02 Å². The molecule has 0 spiro atoms. The van der Waals surface area contributed by atoms with E-state index in [0.29, 0.717) is 29.6 Å². The average molecular weight is 481 g/mol. The van der Waals surface area contributed by atoms with Crippen LogP contribution in [0.25, 0.3) is 10.2 Å². The van der Waals surface area contributed by atoms with Crippen LogP contribution >= 0.6 is 22.9 Å². The van der Waals surface area contributed by atoms with E-state index in [1.807, 2.05) is 20.8 Å². The molecule has 0 saturated carbocycles. The molecular weight excluding hydrogens is 460 g/mol. The molecule has 0 aliphatic carbocycles.